The number of rotatable bonds is 2. The summed E-state index contributed by atoms with van der Waals surface area (Å²) in [5.41, 5.74) is 5.51. The van der Waals surface area contributed by atoms with Crippen molar-refractivity contribution in [3.63, 3.8) is 0 Å². The first-order valence-corrected chi connectivity index (χ1v) is 4.68. The van der Waals surface area contributed by atoms with E-state index in [4.69, 9.17) is 17.3 Å². The maximum atomic E-state index is 12.3. The van der Waals surface area contributed by atoms with Crippen LogP contribution in [0.3, 0.4) is 0 Å². The average molecular weight is 271 g/mol. The van der Waals surface area contributed by atoms with Gasteiger partial charge in [0.05, 0.1) is 11.4 Å². The van der Waals surface area contributed by atoms with Crippen LogP contribution in [0.15, 0.2) is 10.7 Å². The molecular weight excluding hydrogens is 265 g/mol. The summed E-state index contributed by atoms with van der Waals surface area (Å²) in [6, 6.07) is 1.25. The lowest BCUT2D eigenvalue weighted by atomic mass is 10.2. The van der Waals surface area contributed by atoms with Gasteiger partial charge in [0, 0.05) is 5.56 Å². The molecule has 1 rings (SSSR count). The van der Waals surface area contributed by atoms with E-state index in [1.807, 2.05) is 0 Å². The molecule has 0 aliphatic heterocycles. The van der Waals surface area contributed by atoms with E-state index in [1.165, 1.54) is 6.07 Å². The average Bonchev–Trinajstić information content (AvgIpc) is 2.03. The molecule has 72 valence electrons. The van der Waals surface area contributed by atoms with Gasteiger partial charge in [-0.15, -0.1) is 11.6 Å². The molecule has 2 nitrogen and oxygen atoms in total. The fourth-order valence-corrected chi connectivity index (χ4v) is 1.64. The summed E-state index contributed by atoms with van der Waals surface area (Å²) >= 11 is 8.58. The van der Waals surface area contributed by atoms with Gasteiger partial charge in [-0.3, -0.25) is 0 Å². The maximum absolute atomic E-state index is 12.3. The summed E-state index contributed by atoms with van der Waals surface area (Å²) in [4.78, 5) is 3.70. The minimum atomic E-state index is -2.62. The van der Waals surface area contributed by atoms with Gasteiger partial charge >= 0.3 is 0 Å². The molecule has 13 heavy (non-hydrogen) atoms. The number of aromatic nitrogens is 1. The Hall–Kier alpha value is -0.420. The van der Waals surface area contributed by atoms with Gasteiger partial charge in [0.2, 0.25) is 0 Å². The van der Waals surface area contributed by atoms with Crippen LogP contribution in [0.25, 0.3) is 0 Å². The van der Waals surface area contributed by atoms with Gasteiger partial charge < -0.3 is 5.73 Å². The molecule has 0 bridgehead atoms. The third-order valence-electron chi connectivity index (χ3n) is 1.49. The molecule has 0 unspecified atom stereocenters. The first kappa shape index (κ1) is 10.7. The molecule has 0 aromatic carbocycles. The van der Waals surface area contributed by atoms with Crippen LogP contribution in [-0.2, 0) is 5.88 Å². The highest BCUT2D eigenvalue weighted by atomic mass is 79.9. The van der Waals surface area contributed by atoms with Crippen molar-refractivity contribution < 1.29 is 8.78 Å². The van der Waals surface area contributed by atoms with Crippen LogP contribution < -0.4 is 5.73 Å². The number of nitrogen functional groups attached to an aromatic ring is 1. The predicted molar refractivity (Wildman–Crippen MR) is 50.9 cm³/mol. The van der Waals surface area contributed by atoms with Crippen molar-refractivity contribution in [2.45, 2.75) is 12.3 Å². The van der Waals surface area contributed by atoms with Gasteiger partial charge in [-0.2, -0.15) is 0 Å². The number of hydrogen-bond acceptors (Lipinski definition) is 2. The zero-order valence-corrected chi connectivity index (χ0v) is 8.74. The van der Waals surface area contributed by atoms with Crippen molar-refractivity contribution in [1.29, 1.82) is 0 Å². The standard InChI is InChI=1S/C7H6BrClF2N2/c8-5-3(2-9)1-4(6(10)11)7(12)13-5/h1,6H,2H2,(H2,12,13). The normalized spacial score (nSPS) is 10.8. The summed E-state index contributed by atoms with van der Waals surface area (Å²) in [5, 5.41) is 0. The maximum Gasteiger partial charge on any atom is 0.267 e. The van der Waals surface area contributed by atoms with Crippen molar-refractivity contribution in [3.8, 4) is 0 Å². The highest BCUT2D eigenvalue weighted by Gasteiger charge is 2.15. The van der Waals surface area contributed by atoms with Gasteiger partial charge in [-0.25, -0.2) is 13.8 Å². The second-order valence-electron chi connectivity index (χ2n) is 2.35. The molecule has 0 fully saturated rings. The molecule has 0 radical (unpaired) electrons. The number of pyridine rings is 1. The highest BCUT2D eigenvalue weighted by molar-refractivity contribution is 9.10. The molecule has 0 saturated carbocycles. The highest BCUT2D eigenvalue weighted by Crippen LogP contribution is 2.28. The van der Waals surface area contributed by atoms with E-state index in [1.54, 1.807) is 0 Å². The third-order valence-corrected chi connectivity index (χ3v) is 2.46. The lowest BCUT2D eigenvalue weighted by Crippen LogP contribution is -2.01. The van der Waals surface area contributed by atoms with E-state index in [0.29, 0.717) is 10.2 Å². The third kappa shape index (κ3) is 2.28. The lowest BCUT2D eigenvalue weighted by Gasteiger charge is -2.06. The Morgan fingerprint density at radius 3 is 2.69 bits per heavy atom. The lowest BCUT2D eigenvalue weighted by molar-refractivity contribution is 0.152. The minimum absolute atomic E-state index is 0.119. The molecule has 0 aliphatic rings. The summed E-state index contributed by atoms with van der Waals surface area (Å²) in [6.45, 7) is 0. The number of halogens is 4. The molecule has 0 saturated heterocycles. The van der Waals surface area contributed by atoms with Crippen LogP contribution in [0.5, 0.6) is 0 Å². The summed E-state index contributed by atoms with van der Waals surface area (Å²) in [5.74, 6) is -0.0520. The molecule has 1 aromatic rings. The molecule has 1 heterocycles. The van der Waals surface area contributed by atoms with Crippen LogP contribution in [-0.4, -0.2) is 4.98 Å². The summed E-state index contributed by atoms with van der Waals surface area (Å²) in [7, 11) is 0. The van der Waals surface area contributed by atoms with Gasteiger partial charge in [0.1, 0.15) is 10.4 Å². The minimum Gasteiger partial charge on any atom is -0.383 e. The zero-order valence-electron chi connectivity index (χ0n) is 6.40. The second-order valence-corrected chi connectivity index (χ2v) is 3.37. The van der Waals surface area contributed by atoms with Crippen molar-refractivity contribution in [2.24, 2.45) is 0 Å². The Balaban J connectivity index is 3.22. The molecular formula is C7H6BrClF2N2. The zero-order chi connectivity index (χ0) is 10.0. The quantitative estimate of drug-likeness (QED) is 0.663. The van der Waals surface area contributed by atoms with Gasteiger partial charge in [0.25, 0.3) is 6.43 Å². The van der Waals surface area contributed by atoms with Crippen LogP contribution in [0.1, 0.15) is 17.6 Å². The van der Waals surface area contributed by atoms with Crippen LogP contribution in [0.4, 0.5) is 14.6 Å². The molecule has 0 aliphatic carbocycles. The Morgan fingerprint density at radius 1 is 1.62 bits per heavy atom. The topological polar surface area (TPSA) is 38.9 Å². The van der Waals surface area contributed by atoms with Crippen molar-refractivity contribution in [3.05, 3.63) is 21.8 Å². The fraction of sp³-hybridized carbons (Fsp3) is 0.286. The molecule has 0 spiro atoms. The molecule has 1 aromatic heterocycles. The predicted octanol–water partition coefficient (Wildman–Crippen LogP) is 3.10. The first-order chi connectivity index (χ1) is 6.06. The van der Waals surface area contributed by atoms with Crippen molar-refractivity contribution in [1.82, 2.24) is 4.98 Å². The van der Waals surface area contributed by atoms with E-state index in [2.05, 4.69) is 20.9 Å². The van der Waals surface area contributed by atoms with Crippen LogP contribution in [0, 0.1) is 0 Å². The van der Waals surface area contributed by atoms with E-state index < -0.39 is 6.43 Å². The Morgan fingerprint density at radius 2 is 2.23 bits per heavy atom. The van der Waals surface area contributed by atoms with E-state index in [-0.39, 0.29) is 17.3 Å². The summed E-state index contributed by atoms with van der Waals surface area (Å²) < 4.78 is 25.0. The van der Waals surface area contributed by atoms with Gasteiger partial charge in [0.15, 0.2) is 0 Å². The fourth-order valence-electron chi connectivity index (χ4n) is 0.832. The van der Waals surface area contributed by atoms with Crippen LogP contribution in [0.2, 0.25) is 0 Å². The number of anilines is 1. The van der Waals surface area contributed by atoms with E-state index in [0.717, 1.165) is 0 Å². The van der Waals surface area contributed by atoms with E-state index in [9.17, 15) is 8.78 Å². The smallest absolute Gasteiger partial charge is 0.267 e. The number of hydrogen-bond donors (Lipinski definition) is 1. The summed E-state index contributed by atoms with van der Waals surface area (Å²) in [6.07, 6.45) is -2.62. The molecule has 0 amide bonds. The second kappa shape index (κ2) is 4.19. The van der Waals surface area contributed by atoms with Crippen molar-refractivity contribution in [2.75, 3.05) is 5.73 Å². The van der Waals surface area contributed by atoms with Gasteiger partial charge in [-0.1, -0.05) is 0 Å². The molecule has 2 N–H and O–H groups in total. The Labute approximate surface area is 87.2 Å². The Kier molecular flexibility index (Phi) is 3.44. The number of alkyl halides is 3. The molecule has 0 atom stereocenters. The van der Waals surface area contributed by atoms with E-state index >= 15 is 0 Å². The number of nitrogens with zero attached hydrogens (tertiary/aromatic N) is 1. The molecule has 6 heteroatoms. The number of nitrogens with two attached hydrogens (primary N) is 1. The Bertz CT molecular complexity index is 320. The SMILES string of the molecule is Nc1nc(Br)c(CCl)cc1C(F)F. The monoisotopic (exact) mass is 270 g/mol. The van der Waals surface area contributed by atoms with Gasteiger partial charge in [-0.05, 0) is 22.0 Å². The van der Waals surface area contributed by atoms with Crippen LogP contribution >= 0.6 is 27.5 Å². The van der Waals surface area contributed by atoms with Crippen molar-refractivity contribution >= 4 is 33.3 Å². The first-order valence-electron chi connectivity index (χ1n) is 3.35. The largest absolute Gasteiger partial charge is 0.383 e.